The van der Waals surface area contributed by atoms with Crippen LogP contribution in [0.5, 0.6) is 5.75 Å². The summed E-state index contributed by atoms with van der Waals surface area (Å²) in [4.78, 5) is 25.5. The van der Waals surface area contributed by atoms with Crippen molar-refractivity contribution in [3.05, 3.63) is 46.7 Å². The fourth-order valence-corrected chi connectivity index (χ4v) is 3.75. The van der Waals surface area contributed by atoms with Crippen molar-refractivity contribution >= 4 is 23.5 Å². The van der Waals surface area contributed by atoms with Gasteiger partial charge >= 0.3 is 5.97 Å². The first kappa shape index (κ1) is 16.9. The van der Waals surface area contributed by atoms with Crippen LogP contribution in [0, 0.1) is 0 Å². The molecule has 1 aromatic heterocycles. The van der Waals surface area contributed by atoms with E-state index in [1.807, 2.05) is 11.0 Å². The Kier molecular flexibility index (Phi) is 4.32. The molecular formula is C18H18ClN3O4. The normalized spacial score (nSPS) is 19.9. The summed E-state index contributed by atoms with van der Waals surface area (Å²) < 4.78 is 7.48. The quantitative estimate of drug-likeness (QED) is 0.890. The van der Waals surface area contributed by atoms with Gasteiger partial charge in [-0.1, -0.05) is 11.6 Å². The van der Waals surface area contributed by atoms with Gasteiger partial charge < -0.3 is 14.7 Å². The van der Waals surface area contributed by atoms with Crippen molar-refractivity contribution in [1.82, 2.24) is 14.7 Å². The largest absolute Gasteiger partial charge is 0.480 e. The summed E-state index contributed by atoms with van der Waals surface area (Å²) in [6.07, 6.45) is 4.41. The van der Waals surface area contributed by atoms with Gasteiger partial charge in [-0.2, -0.15) is 5.10 Å². The van der Waals surface area contributed by atoms with Crippen LogP contribution in [0.25, 0.3) is 0 Å². The minimum Gasteiger partial charge on any atom is -0.480 e. The average Bonchev–Trinajstić information content (AvgIpc) is 3.28. The van der Waals surface area contributed by atoms with Crippen LogP contribution in [0.2, 0.25) is 5.02 Å². The van der Waals surface area contributed by atoms with E-state index < -0.39 is 12.1 Å². The number of halogens is 1. The number of carbonyl (C=O) groups is 2. The van der Waals surface area contributed by atoms with E-state index in [4.69, 9.17) is 21.4 Å². The Morgan fingerprint density at radius 3 is 2.73 bits per heavy atom. The fraction of sp³-hybridized carbons (Fsp3) is 0.389. The number of ether oxygens (including phenoxy) is 1. The van der Waals surface area contributed by atoms with Crippen LogP contribution in [0.4, 0.5) is 0 Å². The lowest BCUT2D eigenvalue weighted by Gasteiger charge is -2.33. The molecule has 136 valence electrons. The number of likely N-dealkylation sites (tertiary alicyclic amines) is 1. The lowest BCUT2D eigenvalue weighted by atomic mass is 10.0. The molecule has 8 heteroatoms. The van der Waals surface area contributed by atoms with Crippen LogP contribution in [0.15, 0.2) is 30.6 Å². The number of aromatic carboxylic acids is 1. The van der Waals surface area contributed by atoms with Crippen molar-refractivity contribution in [3.63, 3.8) is 0 Å². The zero-order valence-corrected chi connectivity index (χ0v) is 14.7. The van der Waals surface area contributed by atoms with E-state index in [1.165, 1.54) is 6.20 Å². The summed E-state index contributed by atoms with van der Waals surface area (Å²) in [6.45, 7) is 1.20. The molecule has 1 N–H and O–H groups in total. The molecule has 0 saturated carbocycles. The second-order valence-corrected chi connectivity index (χ2v) is 7.07. The van der Waals surface area contributed by atoms with Gasteiger partial charge in [0.2, 0.25) is 0 Å². The molecule has 0 aliphatic carbocycles. The number of rotatable bonds is 3. The second-order valence-electron chi connectivity index (χ2n) is 6.63. The monoisotopic (exact) mass is 375 g/mol. The van der Waals surface area contributed by atoms with Gasteiger partial charge in [0, 0.05) is 30.7 Å². The van der Waals surface area contributed by atoms with Crippen LogP contribution >= 0.6 is 11.6 Å². The third-order valence-corrected chi connectivity index (χ3v) is 5.21. The van der Waals surface area contributed by atoms with Crippen LogP contribution in [-0.4, -0.2) is 50.9 Å². The Balaban J connectivity index is 1.36. The van der Waals surface area contributed by atoms with Gasteiger partial charge in [0.05, 0.1) is 17.8 Å². The highest BCUT2D eigenvalue weighted by atomic mass is 35.5. The number of aromatic nitrogens is 2. The molecule has 1 saturated heterocycles. The maximum absolute atomic E-state index is 12.8. The number of hydrogen-bond acceptors (Lipinski definition) is 4. The van der Waals surface area contributed by atoms with E-state index in [0.29, 0.717) is 24.5 Å². The molecule has 1 fully saturated rings. The van der Waals surface area contributed by atoms with Gasteiger partial charge in [-0.05, 0) is 36.6 Å². The van der Waals surface area contributed by atoms with Gasteiger partial charge in [-0.25, -0.2) is 4.79 Å². The smallest absolute Gasteiger partial charge is 0.338 e. The Morgan fingerprint density at radius 1 is 1.27 bits per heavy atom. The molecule has 4 rings (SSSR count). The average molecular weight is 376 g/mol. The second kappa shape index (κ2) is 6.64. The molecule has 26 heavy (non-hydrogen) atoms. The molecule has 1 atom stereocenters. The van der Waals surface area contributed by atoms with Crippen molar-refractivity contribution in [2.24, 2.45) is 0 Å². The van der Waals surface area contributed by atoms with Crippen molar-refractivity contribution in [2.75, 3.05) is 13.1 Å². The molecule has 1 amide bonds. The highest BCUT2D eigenvalue weighted by Crippen LogP contribution is 2.32. The van der Waals surface area contributed by atoms with Gasteiger partial charge in [0.1, 0.15) is 5.75 Å². The van der Waals surface area contributed by atoms with Gasteiger partial charge in [-0.3, -0.25) is 9.48 Å². The molecule has 2 aliphatic rings. The number of carbonyl (C=O) groups excluding carboxylic acids is 1. The van der Waals surface area contributed by atoms with Gasteiger partial charge in [0.15, 0.2) is 6.10 Å². The van der Waals surface area contributed by atoms with Crippen LogP contribution < -0.4 is 4.74 Å². The molecule has 3 heterocycles. The molecule has 0 bridgehead atoms. The van der Waals surface area contributed by atoms with E-state index in [9.17, 15) is 9.59 Å². The Labute approximate surface area is 155 Å². The topological polar surface area (TPSA) is 84.7 Å². The Bertz CT molecular complexity index is 858. The molecule has 7 nitrogen and oxygen atoms in total. The zero-order valence-electron chi connectivity index (χ0n) is 14.0. The summed E-state index contributed by atoms with van der Waals surface area (Å²) in [5.74, 6) is -0.273. The molecule has 2 aromatic rings. The molecule has 1 aromatic carbocycles. The van der Waals surface area contributed by atoms with Gasteiger partial charge in [-0.15, -0.1) is 0 Å². The number of fused-ring (bicyclic) bond motifs is 1. The first-order chi connectivity index (χ1) is 12.5. The first-order valence-corrected chi connectivity index (χ1v) is 8.90. The first-order valence-electron chi connectivity index (χ1n) is 8.52. The summed E-state index contributed by atoms with van der Waals surface area (Å²) in [7, 11) is 0. The van der Waals surface area contributed by atoms with E-state index in [0.717, 1.165) is 24.2 Å². The number of piperidine rings is 1. The lowest BCUT2D eigenvalue weighted by Crippen LogP contribution is -2.45. The Hall–Kier alpha value is -2.54. The van der Waals surface area contributed by atoms with Crippen LogP contribution in [-0.2, 0) is 11.2 Å². The number of amides is 1. The molecular weight excluding hydrogens is 358 g/mol. The third kappa shape index (κ3) is 3.14. The van der Waals surface area contributed by atoms with Crippen molar-refractivity contribution in [2.45, 2.75) is 31.4 Å². The van der Waals surface area contributed by atoms with Crippen molar-refractivity contribution in [1.29, 1.82) is 0 Å². The Morgan fingerprint density at radius 2 is 2.04 bits per heavy atom. The lowest BCUT2D eigenvalue weighted by molar-refractivity contribution is -0.139. The summed E-state index contributed by atoms with van der Waals surface area (Å²) >= 11 is 6.00. The molecule has 0 spiro atoms. The zero-order chi connectivity index (χ0) is 18.3. The maximum Gasteiger partial charge on any atom is 0.338 e. The number of nitrogens with zero attached hydrogens (tertiary/aromatic N) is 3. The van der Waals surface area contributed by atoms with E-state index in [-0.39, 0.29) is 17.5 Å². The van der Waals surface area contributed by atoms with Crippen molar-refractivity contribution in [3.8, 4) is 5.75 Å². The maximum atomic E-state index is 12.8. The van der Waals surface area contributed by atoms with E-state index >= 15 is 0 Å². The standard InChI is InChI=1S/C18H18ClN3O4/c19-13-1-2-15-11(7-13)8-16(26-15)17(23)21-5-3-14(4-6-21)22-10-12(9-20-22)18(24)25/h1-2,7,9-10,14,16H,3-6,8H2,(H,24,25). The molecule has 1 unspecified atom stereocenters. The fourth-order valence-electron chi connectivity index (χ4n) is 3.56. The summed E-state index contributed by atoms with van der Waals surface area (Å²) in [5, 5.41) is 13.8. The highest BCUT2D eigenvalue weighted by molar-refractivity contribution is 6.30. The summed E-state index contributed by atoms with van der Waals surface area (Å²) in [6, 6.07) is 5.50. The van der Waals surface area contributed by atoms with Crippen LogP contribution in [0.3, 0.4) is 0 Å². The number of hydrogen-bond donors (Lipinski definition) is 1. The minimum absolute atomic E-state index is 0.0116. The van der Waals surface area contributed by atoms with Gasteiger partial charge in [0.25, 0.3) is 5.91 Å². The van der Waals surface area contributed by atoms with E-state index in [1.54, 1.807) is 23.0 Å². The number of benzene rings is 1. The van der Waals surface area contributed by atoms with E-state index in [2.05, 4.69) is 5.10 Å². The third-order valence-electron chi connectivity index (χ3n) is 4.97. The highest BCUT2D eigenvalue weighted by Gasteiger charge is 2.34. The molecule has 0 radical (unpaired) electrons. The number of carboxylic acids is 1. The SMILES string of the molecule is O=C(O)c1cnn(C2CCN(C(=O)C3Cc4cc(Cl)ccc4O3)CC2)c1. The molecule has 2 aliphatic heterocycles. The minimum atomic E-state index is -0.984. The summed E-state index contributed by atoms with van der Waals surface area (Å²) in [5.41, 5.74) is 1.14. The van der Waals surface area contributed by atoms with Crippen LogP contribution in [0.1, 0.15) is 34.8 Å². The predicted octanol–water partition coefficient (Wildman–Crippen LogP) is 2.40. The van der Waals surface area contributed by atoms with Crippen molar-refractivity contribution < 1.29 is 19.4 Å². The predicted molar refractivity (Wildman–Crippen MR) is 93.6 cm³/mol. The number of carboxylic acid groups (broad SMARTS) is 1.